The van der Waals surface area contributed by atoms with E-state index >= 15 is 0 Å². The normalized spacial score (nSPS) is 16.1. The van der Waals surface area contributed by atoms with Gasteiger partial charge in [-0.25, -0.2) is 8.42 Å². The molecule has 1 aliphatic carbocycles. The Balaban J connectivity index is 2.28. The van der Waals surface area contributed by atoms with E-state index in [4.69, 9.17) is 0 Å². The van der Waals surface area contributed by atoms with Gasteiger partial charge in [0, 0.05) is 5.57 Å². The van der Waals surface area contributed by atoms with E-state index in [9.17, 15) is 18.0 Å². The molecule has 2 rings (SSSR count). The zero-order chi connectivity index (χ0) is 12.5. The minimum absolute atomic E-state index is 0.0823. The number of carbonyl (C=O) groups is 2. The second-order valence-corrected chi connectivity index (χ2v) is 5.80. The molecule has 1 aliphatic rings. The van der Waals surface area contributed by atoms with Gasteiger partial charge in [0.2, 0.25) is 0 Å². The van der Waals surface area contributed by atoms with Crippen molar-refractivity contribution in [2.45, 2.75) is 11.3 Å². The fourth-order valence-electron chi connectivity index (χ4n) is 1.64. The van der Waals surface area contributed by atoms with E-state index in [1.165, 1.54) is 12.1 Å². The second kappa shape index (κ2) is 4.25. The molecule has 0 unspecified atom stereocenters. The van der Waals surface area contributed by atoms with E-state index in [0.29, 0.717) is 0 Å². The van der Waals surface area contributed by atoms with E-state index in [-0.39, 0.29) is 22.7 Å². The van der Waals surface area contributed by atoms with E-state index in [0.717, 1.165) is 6.08 Å². The Morgan fingerprint density at radius 3 is 2.24 bits per heavy atom. The SMILES string of the molecule is O=C1C=C(CS(=O)(=O)c2ccccc2)C(=O)C1. The number of sulfone groups is 1. The van der Waals surface area contributed by atoms with Crippen molar-refractivity contribution in [1.29, 1.82) is 0 Å². The highest BCUT2D eigenvalue weighted by Crippen LogP contribution is 2.18. The molecule has 0 heterocycles. The summed E-state index contributed by atoms with van der Waals surface area (Å²) >= 11 is 0. The van der Waals surface area contributed by atoms with Gasteiger partial charge in [0.05, 0.1) is 17.1 Å². The van der Waals surface area contributed by atoms with E-state index in [1.807, 2.05) is 0 Å². The lowest BCUT2D eigenvalue weighted by Crippen LogP contribution is -2.12. The summed E-state index contributed by atoms with van der Waals surface area (Å²) in [6, 6.07) is 7.88. The molecule has 0 saturated carbocycles. The van der Waals surface area contributed by atoms with Crippen LogP contribution in [-0.4, -0.2) is 25.7 Å². The maximum atomic E-state index is 11.9. The van der Waals surface area contributed by atoms with Crippen molar-refractivity contribution in [2.24, 2.45) is 0 Å². The molecule has 0 fully saturated rings. The molecule has 0 spiro atoms. The van der Waals surface area contributed by atoms with Gasteiger partial charge in [0.1, 0.15) is 0 Å². The van der Waals surface area contributed by atoms with E-state index in [2.05, 4.69) is 0 Å². The average molecular weight is 250 g/mol. The molecule has 0 N–H and O–H groups in total. The molecule has 0 bridgehead atoms. The first-order valence-electron chi connectivity index (χ1n) is 5.03. The highest BCUT2D eigenvalue weighted by molar-refractivity contribution is 7.91. The van der Waals surface area contributed by atoms with Crippen LogP contribution in [0.3, 0.4) is 0 Å². The lowest BCUT2D eigenvalue weighted by atomic mass is 10.2. The van der Waals surface area contributed by atoms with Crippen LogP contribution in [0.2, 0.25) is 0 Å². The maximum Gasteiger partial charge on any atom is 0.182 e. The third kappa shape index (κ3) is 2.50. The Kier molecular flexibility index (Phi) is 2.93. The fraction of sp³-hybridized carbons (Fsp3) is 0.167. The lowest BCUT2D eigenvalue weighted by Gasteiger charge is -2.03. The van der Waals surface area contributed by atoms with E-state index in [1.54, 1.807) is 18.2 Å². The smallest absolute Gasteiger partial charge is 0.182 e. The molecule has 17 heavy (non-hydrogen) atoms. The first-order chi connectivity index (χ1) is 7.99. The number of hydrogen-bond acceptors (Lipinski definition) is 4. The minimum Gasteiger partial charge on any atom is -0.294 e. The Labute approximate surface area is 98.9 Å². The standard InChI is InChI=1S/C12H10O4S/c13-10-6-9(12(14)7-10)8-17(15,16)11-4-2-1-3-5-11/h1-6H,7-8H2. The zero-order valence-electron chi connectivity index (χ0n) is 8.92. The van der Waals surface area contributed by atoms with Crippen LogP contribution in [0.4, 0.5) is 0 Å². The van der Waals surface area contributed by atoms with Crippen LogP contribution in [0, 0.1) is 0 Å². The topological polar surface area (TPSA) is 68.3 Å². The summed E-state index contributed by atoms with van der Waals surface area (Å²) in [5.74, 6) is -1.12. The van der Waals surface area contributed by atoms with Crippen LogP contribution in [0.1, 0.15) is 6.42 Å². The summed E-state index contributed by atoms with van der Waals surface area (Å²) in [4.78, 5) is 22.5. The third-order valence-electron chi connectivity index (χ3n) is 2.48. The number of allylic oxidation sites excluding steroid dienone is 1. The van der Waals surface area contributed by atoms with Crippen LogP contribution >= 0.6 is 0 Å². The van der Waals surface area contributed by atoms with Gasteiger partial charge in [0.15, 0.2) is 21.4 Å². The van der Waals surface area contributed by atoms with Gasteiger partial charge in [0.25, 0.3) is 0 Å². The van der Waals surface area contributed by atoms with Gasteiger partial charge in [-0.3, -0.25) is 9.59 Å². The number of rotatable bonds is 3. The van der Waals surface area contributed by atoms with Gasteiger partial charge in [-0.15, -0.1) is 0 Å². The molecule has 0 saturated heterocycles. The van der Waals surface area contributed by atoms with Gasteiger partial charge >= 0.3 is 0 Å². The first-order valence-corrected chi connectivity index (χ1v) is 6.69. The van der Waals surface area contributed by atoms with Crippen LogP contribution in [-0.2, 0) is 19.4 Å². The molecule has 0 aromatic heterocycles. The molecule has 0 radical (unpaired) electrons. The number of benzene rings is 1. The molecule has 88 valence electrons. The molecule has 0 aliphatic heterocycles. The van der Waals surface area contributed by atoms with Crippen molar-refractivity contribution in [3.05, 3.63) is 42.0 Å². The summed E-state index contributed by atoms with van der Waals surface area (Å²) in [5, 5.41) is 0. The van der Waals surface area contributed by atoms with Gasteiger partial charge in [-0.05, 0) is 18.2 Å². The highest BCUT2D eigenvalue weighted by Gasteiger charge is 2.26. The Hall–Kier alpha value is -1.75. The van der Waals surface area contributed by atoms with Crippen molar-refractivity contribution in [1.82, 2.24) is 0 Å². The summed E-state index contributed by atoms with van der Waals surface area (Å²) in [6.45, 7) is 0. The summed E-state index contributed by atoms with van der Waals surface area (Å²) in [6.07, 6.45) is 0.919. The van der Waals surface area contributed by atoms with Crippen molar-refractivity contribution >= 4 is 21.4 Å². The number of ketones is 2. The molecule has 1 aromatic carbocycles. The second-order valence-electron chi connectivity index (χ2n) is 3.81. The molecule has 0 atom stereocenters. The molecule has 0 amide bonds. The maximum absolute atomic E-state index is 11.9. The van der Waals surface area contributed by atoms with E-state index < -0.39 is 21.4 Å². The van der Waals surface area contributed by atoms with Gasteiger partial charge in [-0.2, -0.15) is 0 Å². The number of carbonyl (C=O) groups excluding carboxylic acids is 2. The monoisotopic (exact) mass is 250 g/mol. The van der Waals surface area contributed by atoms with Crippen molar-refractivity contribution in [2.75, 3.05) is 5.75 Å². The van der Waals surface area contributed by atoms with Crippen molar-refractivity contribution < 1.29 is 18.0 Å². The van der Waals surface area contributed by atoms with Crippen LogP contribution in [0.15, 0.2) is 46.9 Å². The molecule has 1 aromatic rings. The first kappa shape index (κ1) is 11.7. The quantitative estimate of drug-likeness (QED) is 0.748. The fourth-order valence-corrected chi connectivity index (χ4v) is 3.03. The highest BCUT2D eigenvalue weighted by atomic mass is 32.2. The molecular formula is C12H10O4S. The number of Topliss-reactive ketones (excluding diaryl/α,β-unsaturated/α-hetero) is 1. The Morgan fingerprint density at radius 1 is 1.06 bits per heavy atom. The largest absolute Gasteiger partial charge is 0.294 e. The van der Waals surface area contributed by atoms with Crippen molar-refractivity contribution in [3.8, 4) is 0 Å². The number of hydrogen-bond donors (Lipinski definition) is 0. The van der Waals surface area contributed by atoms with Crippen LogP contribution in [0.25, 0.3) is 0 Å². The molecular weight excluding hydrogens is 240 g/mol. The predicted molar refractivity (Wildman–Crippen MR) is 61.2 cm³/mol. The molecule has 5 heteroatoms. The molecule has 4 nitrogen and oxygen atoms in total. The van der Waals surface area contributed by atoms with Gasteiger partial charge < -0.3 is 0 Å². The Bertz CT molecular complexity index is 597. The zero-order valence-corrected chi connectivity index (χ0v) is 9.74. The predicted octanol–water partition coefficient (Wildman–Crippen LogP) is 0.929. The average Bonchev–Trinajstić information content (AvgIpc) is 2.58. The Morgan fingerprint density at radius 2 is 1.71 bits per heavy atom. The summed E-state index contributed by atoms with van der Waals surface area (Å²) < 4.78 is 23.9. The minimum atomic E-state index is -3.54. The van der Waals surface area contributed by atoms with Crippen molar-refractivity contribution in [3.63, 3.8) is 0 Å². The summed E-state index contributed by atoms with van der Waals surface area (Å²) in [7, 11) is -3.54. The van der Waals surface area contributed by atoms with Crippen LogP contribution < -0.4 is 0 Å². The van der Waals surface area contributed by atoms with Gasteiger partial charge in [-0.1, -0.05) is 18.2 Å². The summed E-state index contributed by atoms with van der Waals surface area (Å²) in [5.41, 5.74) is 0.0823. The lowest BCUT2D eigenvalue weighted by molar-refractivity contribution is -0.120. The third-order valence-corrected chi connectivity index (χ3v) is 4.16. The van der Waals surface area contributed by atoms with Crippen LogP contribution in [0.5, 0.6) is 0 Å².